The normalized spacial score (nSPS) is 11.9. The summed E-state index contributed by atoms with van der Waals surface area (Å²) in [6.45, 7) is 0. The third-order valence-corrected chi connectivity index (χ3v) is 2.78. The maximum absolute atomic E-state index is 13.0. The molecular formula is C12H7F3N4O. The molecule has 3 aromatic rings. The highest BCUT2D eigenvalue weighted by molar-refractivity contribution is 5.73. The van der Waals surface area contributed by atoms with Crippen LogP contribution in [0.3, 0.4) is 0 Å². The zero-order valence-electron chi connectivity index (χ0n) is 9.87. The van der Waals surface area contributed by atoms with Gasteiger partial charge in [0.05, 0.1) is 11.2 Å². The molecule has 0 aliphatic rings. The van der Waals surface area contributed by atoms with Crippen molar-refractivity contribution in [2.24, 2.45) is 0 Å². The van der Waals surface area contributed by atoms with Crippen LogP contribution in [0.2, 0.25) is 0 Å². The summed E-state index contributed by atoms with van der Waals surface area (Å²) in [5.41, 5.74) is -1.28. The second kappa shape index (κ2) is 4.19. The van der Waals surface area contributed by atoms with Gasteiger partial charge in [-0.3, -0.25) is 4.98 Å². The number of rotatable bonds is 1. The van der Waals surface area contributed by atoms with Crippen LogP contribution in [0, 0.1) is 0 Å². The molecule has 0 aliphatic heterocycles. The molecule has 0 spiro atoms. The topological polar surface area (TPSA) is 52.7 Å². The number of imidazole rings is 1. The zero-order chi connectivity index (χ0) is 14.3. The van der Waals surface area contributed by atoms with Crippen LogP contribution >= 0.6 is 0 Å². The van der Waals surface area contributed by atoms with Gasteiger partial charge in [0.15, 0.2) is 5.65 Å². The summed E-state index contributed by atoms with van der Waals surface area (Å²) in [6, 6.07) is 5.43. The molecule has 3 rings (SSSR count). The third-order valence-electron chi connectivity index (χ3n) is 2.78. The Labute approximate surface area is 109 Å². The second-order valence-corrected chi connectivity index (χ2v) is 3.97. The molecule has 0 N–H and O–H groups in total. The second-order valence-electron chi connectivity index (χ2n) is 3.97. The maximum atomic E-state index is 13.0. The number of hydrogen-bond donors (Lipinski definition) is 0. The molecule has 5 nitrogen and oxygen atoms in total. The molecule has 0 fully saturated rings. The third kappa shape index (κ3) is 1.77. The minimum atomic E-state index is -4.81. The average molecular weight is 280 g/mol. The number of pyridine rings is 2. The Morgan fingerprint density at radius 2 is 1.75 bits per heavy atom. The highest BCUT2D eigenvalue weighted by Crippen LogP contribution is 2.26. The quantitative estimate of drug-likeness (QED) is 0.685. The van der Waals surface area contributed by atoms with Crippen LogP contribution in [-0.4, -0.2) is 19.1 Å². The fourth-order valence-electron chi connectivity index (χ4n) is 2.00. The fraction of sp³-hybridized carbons (Fsp3) is 0.0833. The van der Waals surface area contributed by atoms with Gasteiger partial charge in [0.1, 0.15) is 0 Å². The monoisotopic (exact) mass is 280 g/mol. The summed E-state index contributed by atoms with van der Waals surface area (Å²) in [6.07, 6.45) is -0.695. The van der Waals surface area contributed by atoms with Crippen molar-refractivity contribution in [2.75, 3.05) is 0 Å². The van der Waals surface area contributed by atoms with Gasteiger partial charge in [0.2, 0.25) is 0 Å². The fourth-order valence-corrected chi connectivity index (χ4v) is 2.00. The van der Waals surface area contributed by atoms with Crippen molar-refractivity contribution in [2.45, 2.75) is 6.30 Å². The maximum Gasteiger partial charge on any atom is 0.493 e. The Morgan fingerprint density at radius 3 is 2.40 bits per heavy atom. The molecule has 0 unspecified atom stereocenters. The lowest BCUT2D eigenvalue weighted by Crippen LogP contribution is -2.31. The minimum absolute atomic E-state index is 0.0546. The molecule has 0 amide bonds. The van der Waals surface area contributed by atoms with Crippen LogP contribution in [0.25, 0.3) is 16.9 Å². The summed E-state index contributed by atoms with van der Waals surface area (Å²) < 4.78 is 39.7. The van der Waals surface area contributed by atoms with Gasteiger partial charge in [-0.25, -0.2) is 14.3 Å². The number of aromatic nitrogens is 4. The summed E-state index contributed by atoms with van der Waals surface area (Å²) in [4.78, 5) is 19.7. The minimum Gasteiger partial charge on any atom is -0.265 e. The molecule has 0 atom stereocenters. The standard InChI is InChI=1S/C12H7F3N4O/c13-12(14,15)19-9-2-1-5-17-10(9)18(11(19)20)8-3-6-16-7-4-8/h1-7H. The van der Waals surface area contributed by atoms with Crippen molar-refractivity contribution in [3.8, 4) is 5.69 Å². The van der Waals surface area contributed by atoms with E-state index in [1.165, 1.54) is 42.9 Å². The lowest BCUT2D eigenvalue weighted by Gasteiger charge is -2.06. The van der Waals surface area contributed by atoms with Gasteiger partial charge in [0.25, 0.3) is 0 Å². The summed E-state index contributed by atoms with van der Waals surface area (Å²) in [7, 11) is 0. The Bertz CT molecular complexity index is 820. The summed E-state index contributed by atoms with van der Waals surface area (Å²) in [5, 5.41) is 0. The Hall–Kier alpha value is -2.64. The molecule has 0 aliphatic carbocycles. The van der Waals surface area contributed by atoms with Crippen LogP contribution < -0.4 is 5.69 Å². The van der Waals surface area contributed by atoms with Gasteiger partial charge < -0.3 is 0 Å². The molecule has 0 saturated heterocycles. The molecule has 102 valence electrons. The van der Waals surface area contributed by atoms with Gasteiger partial charge in [-0.15, -0.1) is 13.2 Å². The predicted octanol–water partition coefficient (Wildman–Crippen LogP) is 2.06. The van der Waals surface area contributed by atoms with Crippen LogP contribution in [0.1, 0.15) is 0 Å². The van der Waals surface area contributed by atoms with E-state index in [1.54, 1.807) is 0 Å². The van der Waals surface area contributed by atoms with E-state index in [4.69, 9.17) is 0 Å². The van der Waals surface area contributed by atoms with Gasteiger partial charge in [-0.1, -0.05) is 0 Å². The van der Waals surface area contributed by atoms with Crippen LogP contribution in [-0.2, 0) is 6.30 Å². The van der Waals surface area contributed by atoms with E-state index in [9.17, 15) is 18.0 Å². The van der Waals surface area contributed by atoms with Crippen LogP contribution in [0.5, 0.6) is 0 Å². The highest BCUT2D eigenvalue weighted by Gasteiger charge is 2.36. The molecule has 20 heavy (non-hydrogen) atoms. The molecule has 3 heterocycles. The first kappa shape index (κ1) is 12.4. The Morgan fingerprint density at radius 1 is 1.05 bits per heavy atom. The van der Waals surface area contributed by atoms with Crippen molar-refractivity contribution in [1.82, 2.24) is 19.1 Å². The summed E-state index contributed by atoms with van der Waals surface area (Å²) in [5.74, 6) is 0. The van der Waals surface area contributed by atoms with Gasteiger partial charge in [-0.2, -0.15) is 4.57 Å². The number of hydrogen-bond acceptors (Lipinski definition) is 3. The highest BCUT2D eigenvalue weighted by atomic mass is 19.4. The molecule has 3 aromatic heterocycles. The lowest BCUT2D eigenvalue weighted by atomic mass is 10.4. The van der Waals surface area contributed by atoms with Crippen molar-refractivity contribution in [3.05, 3.63) is 53.3 Å². The molecule has 0 radical (unpaired) electrons. The molecule has 8 heteroatoms. The van der Waals surface area contributed by atoms with E-state index in [2.05, 4.69) is 9.97 Å². The first-order chi connectivity index (χ1) is 9.50. The van der Waals surface area contributed by atoms with Crippen molar-refractivity contribution in [3.63, 3.8) is 0 Å². The van der Waals surface area contributed by atoms with E-state index < -0.39 is 12.0 Å². The number of alkyl halides is 3. The van der Waals surface area contributed by atoms with Gasteiger partial charge >= 0.3 is 12.0 Å². The smallest absolute Gasteiger partial charge is 0.265 e. The largest absolute Gasteiger partial charge is 0.493 e. The average Bonchev–Trinajstić information content (AvgIpc) is 2.71. The van der Waals surface area contributed by atoms with Gasteiger partial charge in [-0.05, 0) is 24.3 Å². The number of nitrogens with zero attached hydrogens (tertiary/aromatic N) is 4. The van der Waals surface area contributed by atoms with Gasteiger partial charge in [0, 0.05) is 18.6 Å². The molecule has 0 saturated carbocycles. The van der Waals surface area contributed by atoms with E-state index >= 15 is 0 Å². The SMILES string of the molecule is O=c1n(-c2ccncc2)c2ncccc2n1C(F)(F)F. The molecule has 0 aromatic carbocycles. The lowest BCUT2D eigenvalue weighted by molar-refractivity contribution is -0.203. The zero-order valence-corrected chi connectivity index (χ0v) is 9.87. The number of fused-ring (bicyclic) bond motifs is 1. The Kier molecular flexibility index (Phi) is 2.60. The molecular weight excluding hydrogens is 273 g/mol. The number of halogens is 3. The van der Waals surface area contributed by atoms with E-state index in [0.717, 1.165) is 4.57 Å². The van der Waals surface area contributed by atoms with Crippen LogP contribution in [0.15, 0.2) is 47.7 Å². The van der Waals surface area contributed by atoms with E-state index in [-0.39, 0.29) is 21.4 Å². The van der Waals surface area contributed by atoms with Crippen molar-refractivity contribution >= 4 is 11.2 Å². The predicted molar refractivity (Wildman–Crippen MR) is 64.4 cm³/mol. The first-order valence-corrected chi connectivity index (χ1v) is 5.56. The van der Waals surface area contributed by atoms with Crippen LogP contribution in [0.4, 0.5) is 13.2 Å². The Balaban J connectivity index is 2.46. The van der Waals surface area contributed by atoms with E-state index in [1.807, 2.05) is 0 Å². The van der Waals surface area contributed by atoms with Crippen molar-refractivity contribution < 1.29 is 13.2 Å². The molecule has 0 bridgehead atoms. The summed E-state index contributed by atoms with van der Waals surface area (Å²) >= 11 is 0. The first-order valence-electron chi connectivity index (χ1n) is 5.56. The van der Waals surface area contributed by atoms with Crippen molar-refractivity contribution in [1.29, 1.82) is 0 Å². The van der Waals surface area contributed by atoms with E-state index in [0.29, 0.717) is 0 Å².